The van der Waals surface area contributed by atoms with Crippen molar-refractivity contribution in [3.8, 4) is 11.4 Å². The molecule has 1 aromatic heterocycles. The molecule has 4 nitrogen and oxygen atoms in total. The molecule has 0 amide bonds. The smallest absolute Gasteiger partial charge is 0.164 e. The molecule has 5 heteroatoms. The largest absolute Gasteiger partial charge is 0.309 e. The molecule has 88 valence electrons. The van der Waals surface area contributed by atoms with E-state index in [0.717, 1.165) is 47.4 Å². The number of rotatable bonds is 1. The lowest BCUT2D eigenvalue weighted by Crippen LogP contribution is -2.28. The van der Waals surface area contributed by atoms with Crippen molar-refractivity contribution >= 4 is 11.6 Å². The molecule has 0 fully saturated rings. The minimum absolute atomic E-state index is 0.772. The van der Waals surface area contributed by atoms with Crippen LogP contribution in [0.5, 0.6) is 0 Å². The van der Waals surface area contributed by atoms with Gasteiger partial charge in [0.15, 0.2) is 5.82 Å². The van der Waals surface area contributed by atoms with E-state index in [1.54, 1.807) is 0 Å². The predicted octanol–water partition coefficient (Wildman–Crippen LogP) is 2.01. The van der Waals surface area contributed by atoms with E-state index in [1.165, 1.54) is 0 Å². The summed E-state index contributed by atoms with van der Waals surface area (Å²) in [5.41, 5.74) is 2.11. The van der Waals surface area contributed by atoms with Gasteiger partial charge in [-0.25, -0.2) is 0 Å². The van der Waals surface area contributed by atoms with Crippen LogP contribution in [0.4, 0.5) is 0 Å². The average Bonchev–Trinajstić information content (AvgIpc) is 2.76. The maximum atomic E-state index is 6.14. The van der Waals surface area contributed by atoms with Crippen LogP contribution in [-0.2, 0) is 13.1 Å². The number of aryl methyl sites for hydroxylation is 1. The molecule has 0 spiro atoms. The Bertz CT molecular complexity index is 562. The number of halogens is 1. The number of aromatic nitrogens is 3. The lowest BCUT2D eigenvalue weighted by atomic mass is 10.1. The predicted molar refractivity (Wildman–Crippen MR) is 66.9 cm³/mol. The molecule has 1 aromatic carbocycles. The van der Waals surface area contributed by atoms with Crippen LogP contribution in [0, 0.1) is 6.92 Å². The van der Waals surface area contributed by atoms with E-state index >= 15 is 0 Å². The summed E-state index contributed by atoms with van der Waals surface area (Å²) in [6.07, 6.45) is 0. The highest BCUT2D eigenvalue weighted by Gasteiger charge is 2.16. The van der Waals surface area contributed by atoms with Crippen LogP contribution in [-0.4, -0.2) is 21.3 Å². The third-order valence-electron chi connectivity index (χ3n) is 3.05. The van der Waals surface area contributed by atoms with Crippen LogP contribution in [0.25, 0.3) is 11.4 Å². The highest BCUT2D eigenvalue weighted by Crippen LogP contribution is 2.25. The molecule has 0 saturated carbocycles. The summed E-state index contributed by atoms with van der Waals surface area (Å²) < 4.78 is 2.15. The van der Waals surface area contributed by atoms with Gasteiger partial charge in [-0.1, -0.05) is 23.7 Å². The first-order chi connectivity index (χ1) is 8.25. The minimum Gasteiger partial charge on any atom is -0.309 e. The highest BCUT2D eigenvalue weighted by molar-refractivity contribution is 6.31. The van der Waals surface area contributed by atoms with Crippen molar-refractivity contribution in [1.29, 1.82) is 0 Å². The van der Waals surface area contributed by atoms with E-state index in [2.05, 4.69) is 20.1 Å². The van der Waals surface area contributed by atoms with Gasteiger partial charge in [-0.3, -0.25) is 0 Å². The second-order valence-corrected chi connectivity index (χ2v) is 4.64. The van der Waals surface area contributed by atoms with Gasteiger partial charge >= 0.3 is 0 Å². The molecule has 0 aliphatic carbocycles. The molecule has 1 N–H and O–H groups in total. The lowest BCUT2D eigenvalue weighted by Gasteiger charge is -2.16. The van der Waals surface area contributed by atoms with E-state index in [4.69, 9.17) is 11.6 Å². The first kappa shape index (κ1) is 10.7. The Morgan fingerprint density at radius 1 is 1.35 bits per heavy atom. The van der Waals surface area contributed by atoms with E-state index < -0.39 is 0 Å². The van der Waals surface area contributed by atoms with Crippen molar-refractivity contribution in [2.24, 2.45) is 0 Å². The molecule has 0 radical (unpaired) electrons. The van der Waals surface area contributed by atoms with Crippen molar-refractivity contribution < 1.29 is 0 Å². The fourth-order valence-electron chi connectivity index (χ4n) is 2.04. The number of nitrogens with zero attached hydrogens (tertiary/aromatic N) is 3. The molecule has 2 aromatic rings. The summed E-state index contributed by atoms with van der Waals surface area (Å²) in [7, 11) is 0. The average molecular weight is 249 g/mol. The quantitative estimate of drug-likeness (QED) is 0.840. The number of nitrogens with one attached hydrogen (secondary N) is 1. The van der Waals surface area contributed by atoms with Crippen LogP contribution >= 0.6 is 11.6 Å². The van der Waals surface area contributed by atoms with Crippen LogP contribution < -0.4 is 5.32 Å². The van der Waals surface area contributed by atoms with Crippen LogP contribution in [0.3, 0.4) is 0 Å². The van der Waals surface area contributed by atoms with Crippen LogP contribution in [0.2, 0.25) is 5.02 Å². The molecule has 0 saturated heterocycles. The molecular formula is C12H13ClN4. The molecular weight excluding hydrogens is 236 g/mol. The topological polar surface area (TPSA) is 42.7 Å². The number of hydrogen-bond acceptors (Lipinski definition) is 3. The van der Waals surface area contributed by atoms with Crippen molar-refractivity contribution in [3.63, 3.8) is 0 Å². The third-order valence-corrected chi connectivity index (χ3v) is 3.46. The summed E-state index contributed by atoms with van der Waals surface area (Å²) in [5, 5.41) is 12.5. The molecule has 0 atom stereocenters. The van der Waals surface area contributed by atoms with Gasteiger partial charge in [0.05, 0.1) is 6.54 Å². The summed E-state index contributed by atoms with van der Waals surface area (Å²) in [6, 6.07) is 6.01. The Labute approximate surface area is 105 Å². The fraction of sp³-hybridized carbons (Fsp3) is 0.333. The second kappa shape index (κ2) is 4.13. The Morgan fingerprint density at radius 2 is 2.24 bits per heavy atom. The highest BCUT2D eigenvalue weighted by atomic mass is 35.5. The summed E-state index contributed by atoms with van der Waals surface area (Å²) >= 11 is 6.14. The van der Waals surface area contributed by atoms with Gasteiger partial charge in [0.25, 0.3) is 0 Å². The molecule has 3 rings (SSSR count). The minimum atomic E-state index is 0.772. The van der Waals surface area contributed by atoms with Crippen molar-refractivity contribution in [2.75, 3.05) is 6.54 Å². The van der Waals surface area contributed by atoms with Gasteiger partial charge in [-0.05, 0) is 18.6 Å². The first-order valence-corrected chi connectivity index (χ1v) is 6.03. The van der Waals surface area contributed by atoms with E-state index in [1.807, 2.05) is 25.1 Å². The monoisotopic (exact) mass is 248 g/mol. The van der Waals surface area contributed by atoms with Gasteiger partial charge in [0, 0.05) is 23.7 Å². The Morgan fingerprint density at radius 3 is 3.06 bits per heavy atom. The molecule has 0 bridgehead atoms. The van der Waals surface area contributed by atoms with Crippen LogP contribution in [0.1, 0.15) is 11.4 Å². The summed E-state index contributed by atoms with van der Waals surface area (Å²) in [6.45, 7) is 4.64. The molecule has 17 heavy (non-hydrogen) atoms. The van der Waals surface area contributed by atoms with Gasteiger partial charge < -0.3 is 9.88 Å². The Kier molecular flexibility index (Phi) is 2.61. The number of fused-ring (bicyclic) bond motifs is 1. The first-order valence-electron chi connectivity index (χ1n) is 5.65. The summed E-state index contributed by atoms with van der Waals surface area (Å²) in [4.78, 5) is 0. The van der Waals surface area contributed by atoms with Crippen molar-refractivity contribution in [1.82, 2.24) is 20.1 Å². The van der Waals surface area contributed by atoms with Crippen LogP contribution in [0.15, 0.2) is 18.2 Å². The zero-order valence-corrected chi connectivity index (χ0v) is 10.3. The molecule has 1 aliphatic heterocycles. The van der Waals surface area contributed by atoms with E-state index in [9.17, 15) is 0 Å². The Balaban J connectivity index is 2.09. The van der Waals surface area contributed by atoms with Gasteiger partial charge in [0.2, 0.25) is 0 Å². The van der Waals surface area contributed by atoms with Gasteiger partial charge in [0.1, 0.15) is 5.82 Å². The maximum absolute atomic E-state index is 6.14. The summed E-state index contributed by atoms with van der Waals surface area (Å²) in [5.74, 6) is 1.89. The molecule has 2 heterocycles. The van der Waals surface area contributed by atoms with Gasteiger partial charge in [-0.15, -0.1) is 10.2 Å². The standard InChI is InChI=1S/C12H13ClN4/c1-8-2-3-9(6-10(8)13)12-16-15-11-7-14-4-5-17(11)12/h2-3,6,14H,4-5,7H2,1H3. The third kappa shape index (κ3) is 1.83. The number of benzene rings is 1. The maximum Gasteiger partial charge on any atom is 0.164 e. The Hall–Kier alpha value is -1.39. The van der Waals surface area contributed by atoms with E-state index in [0.29, 0.717) is 0 Å². The second-order valence-electron chi connectivity index (χ2n) is 4.23. The lowest BCUT2D eigenvalue weighted by molar-refractivity contribution is 0.508. The normalized spacial score (nSPS) is 14.7. The molecule has 0 unspecified atom stereocenters. The molecule has 1 aliphatic rings. The zero-order valence-electron chi connectivity index (χ0n) is 9.57. The van der Waals surface area contributed by atoms with Crippen molar-refractivity contribution in [3.05, 3.63) is 34.6 Å². The van der Waals surface area contributed by atoms with Crippen molar-refractivity contribution in [2.45, 2.75) is 20.0 Å². The fourth-order valence-corrected chi connectivity index (χ4v) is 2.22. The SMILES string of the molecule is Cc1ccc(-c2nnc3n2CCNC3)cc1Cl. The van der Waals surface area contributed by atoms with E-state index in [-0.39, 0.29) is 0 Å². The van der Waals surface area contributed by atoms with Gasteiger partial charge in [-0.2, -0.15) is 0 Å². The zero-order chi connectivity index (χ0) is 11.8. The number of hydrogen-bond donors (Lipinski definition) is 1.